The number of fused-ring (bicyclic) bond motifs is 1. The third-order valence-electron chi connectivity index (χ3n) is 2.83. The fraction of sp³-hybridized carbons (Fsp3) is 0.231. The predicted octanol–water partition coefficient (Wildman–Crippen LogP) is 4.40. The smallest absolute Gasteiger partial charge is 0.197 e. The topological polar surface area (TPSA) is 44.2 Å². The van der Waals surface area contributed by atoms with E-state index in [4.69, 9.17) is 44.3 Å². The SMILES string of the molecule is Fc1c(Cl)nc(-c2cc(Cl)c3c(c2)OCCCO3)nc1Cl. The zero-order valence-corrected chi connectivity index (χ0v) is 12.8. The van der Waals surface area contributed by atoms with Crippen LogP contribution in [0.15, 0.2) is 12.1 Å². The van der Waals surface area contributed by atoms with Crippen LogP contribution < -0.4 is 9.47 Å². The molecular weight excluding hydrogens is 342 g/mol. The van der Waals surface area contributed by atoms with E-state index >= 15 is 0 Å². The normalized spacial score (nSPS) is 13.9. The number of hydrogen-bond acceptors (Lipinski definition) is 4. The van der Waals surface area contributed by atoms with E-state index in [9.17, 15) is 4.39 Å². The third kappa shape index (κ3) is 2.86. The molecule has 0 amide bonds. The van der Waals surface area contributed by atoms with Gasteiger partial charge in [-0.2, -0.15) is 0 Å². The zero-order valence-electron chi connectivity index (χ0n) is 10.5. The Morgan fingerprint density at radius 3 is 2.38 bits per heavy atom. The van der Waals surface area contributed by atoms with Crippen LogP contribution in [0.5, 0.6) is 11.5 Å². The standard InChI is InChI=1S/C13H8Cl3FN2O2/c14-7-4-6(5-8-10(7)21-3-1-2-20-8)13-18-11(15)9(17)12(16)19-13/h4-5H,1-3H2. The summed E-state index contributed by atoms with van der Waals surface area (Å²) in [6, 6.07) is 3.25. The summed E-state index contributed by atoms with van der Waals surface area (Å²) < 4.78 is 24.5. The van der Waals surface area contributed by atoms with Crippen molar-refractivity contribution in [2.45, 2.75) is 6.42 Å². The van der Waals surface area contributed by atoms with E-state index in [0.29, 0.717) is 35.3 Å². The molecule has 1 aromatic heterocycles. The van der Waals surface area contributed by atoms with Gasteiger partial charge in [0.25, 0.3) is 0 Å². The summed E-state index contributed by atoms with van der Waals surface area (Å²) in [5, 5.41) is -0.356. The summed E-state index contributed by atoms with van der Waals surface area (Å²) in [6.07, 6.45) is 0.755. The Hall–Kier alpha value is -1.30. The first-order valence-electron chi connectivity index (χ1n) is 6.04. The highest BCUT2D eigenvalue weighted by atomic mass is 35.5. The van der Waals surface area contributed by atoms with E-state index < -0.39 is 5.82 Å². The molecule has 2 aromatic rings. The van der Waals surface area contributed by atoms with Gasteiger partial charge >= 0.3 is 0 Å². The van der Waals surface area contributed by atoms with Crippen molar-refractivity contribution in [1.82, 2.24) is 9.97 Å². The van der Waals surface area contributed by atoms with Crippen LogP contribution in [0.3, 0.4) is 0 Å². The van der Waals surface area contributed by atoms with Gasteiger partial charge in [-0.25, -0.2) is 14.4 Å². The second-order valence-corrected chi connectivity index (χ2v) is 5.40. The number of hydrogen-bond donors (Lipinski definition) is 0. The number of benzene rings is 1. The average Bonchev–Trinajstić information content (AvgIpc) is 2.69. The number of ether oxygens (including phenoxy) is 2. The lowest BCUT2D eigenvalue weighted by atomic mass is 10.2. The van der Waals surface area contributed by atoms with E-state index in [-0.39, 0.29) is 16.1 Å². The Kier molecular flexibility index (Phi) is 4.06. The molecule has 4 nitrogen and oxygen atoms in total. The van der Waals surface area contributed by atoms with Gasteiger partial charge < -0.3 is 9.47 Å². The van der Waals surface area contributed by atoms with Gasteiger partial charge in [-0.3, -0.25) is 0 Å². The van der Waals surface area contributed by atoms with Crippen LogP contribution in [-0.4, -0.2) is 23.2 Å². The number of halogens is 4. The second-order valence-electron chi connectivity index (χ2n) is 4.28. The molecule has 0 aliphatic carbocycles. The summed E-state index contributed by atoms with van der Waals surface area (Å²) >= 11 is 17.5. The Morgan fingerprint density at radius 1 is 1.00 bits per heavy atom. The summed E-state index contributed by atoms with van der Waals surface area (Å²) in [5.74, 6) is 0.249. The van der Waals surface area contributed by atoms with E-state index in [0.717, 1.165) is 6.42 Å². The molecule has 1 aromatic carbocycles. The first-order chi connectivity index (χ1) is 10.1. The highest BCUT2D eigenvalue weighted by Gasteiger charge is 2.19. The van der Waals surface area contributed by atoms with E-state index in [1.807, 2.05) is 0 Å². The molecule has 1 aliphatic heterocycles. The van der Waals surface area contributed by atoms with Crippen molar-refractivity contribution < 1.29 is 13.9 Å². The van der Waals surface area contributed by atoms with Crippen LogP contribution in [0, 0.1) is 5.82 Å². The highest BCUT2D eigenvalue weighted by Crippen LogP contribution is 2.40. The van der Waals surface area contributed by atoms with Gasteiger partial charge in [-0.15, -0.1) is 0 Å². The number of nitrogens with zero attached hydrogens (tertiary/aromatic N) is 2. The van der Waals surface area contributed by atoms with E-state index in [2.05, 4.69) is 9.97 Å². The number of rotatable bonds is 1. The summed E-state index contributed by atoms with van der Waals surface area (Å²) in [7, 11) is 0. The average molecular weight is 350 g/mol. The minimum absolute atomic E-state index is 0.156. The molecule has 0 radical (unpaired) electrons. The largest absolute Gasteiger partial charge is 0.489 e. The Labute approximate surface area is 134 Å². The van der Waals surface area contributed by atoms with Crippen molar-refractivity contribution in [1.29, 1.82) is 0 Å². The maximum absolute atomic E-state index is 13.4. The van der Waals surface area contributed by atoms with Crippen molar-refractivity contribution in [2.75, 3.05) is 13.2 Å². The first kappa shape index (κ1) is 14.6. The van der Waals surface area contributed by atoms with Crippen molar-refractivity contribution in [3.8, 4) is 22.9 Å². The Morgan fingerprint density at radius 2 is 1.67 bits per heavy atom. The van der Waals surface area contributed by atoms with Gasteiger partial charge in [0.05, 0.1) is 18.2 Å². The van der Waals surface area contributed by atoms with Gasteiger partial charge in [0.2, 0.25) is 0 Å². The van der Waals surface area contributed by atoms with Crippen LogP contribution >= 0.6 is 34.8 Å². The monoisotopic (exact) mass is 348 g/mol. The van der Waals surface area contributed by atoms with Crippen molar-refractivity contribution >= 4 is 34.8 Å². The lowest BCUT2D eigenvalue weighted by molar-refractivity contribution is 0.297. The maximum Gasteiger partial charge on any atom is 0.197 e. The Bertz CT molecular complexity index is 689. The zero-order chi connectivity index (χ0) is 15.0. The molecule has 21 heavy (non-hydrogen) atoms. The first-order valence-corrected chi connectivity index (χ1v) is 7.17. The molecule has 2 heterocycles. The van der Waals surface area contributed by atoms with Gasteiger partial charge in [0.15, 0.2) is 33.4 Å². The van der Waals surface area contributed by atoms with Gasteiger partial charge in [-0.1, -0.05) is 34.8 Å². The molecule has 0 bridgehead atoms. The maximum atomic E-state index is 13.4. The highest BCUT2D eigenvalue weighted by molar-refractivity contribution is 6.34. The van der Waals surface area contributed by atoms with Gasteiger partial charge in [-0.05, 0) is 12.1 Å². The molecule has 0 spiro atoms. The van der Waals surface area contributed by atoms with Crippen molar-refractivity contribution in [2.24, 2.45) is 0 Å². The van der Waals surface area contributed by atoms with Gasteiger partial charge in [0, 0.05) is 12.0 Å². The van der Waals surface area contributed by atoms with Gasteiger partial charge in [0.1, 0.15) is 0 Å². The quantitative estimate of drug-likeness (QED) is 0.716. The molecule has 0 atom stereocenters. The molecule has 0 unspecified atom stereocenters. The van der Waals surface area contributed by atoms with Crippen molar-refractivity contribution in [3.63, 3.8) is 0 Å². The van der Waals surface area contributed by atoms with Crippen LogP contribution in [0.2, 0.25) is 15.3 Å². The molecule has 110 valence electrons. The molecule has 0 saturated heterocycles. The van der Waals surface area contributed by atoms with Crippen LogP contribution in [0.4, 0.5) is 4.39 Å². The van der Waals surface area contributed by atoms with Crippen LogP contribution in [0.1, 0.15) is 6.42 Å². The van der Waals surface area contributed by atoms with E-state index in [1.54, 1.807) is 12.1 Å². The Balaban J connectivity index is 2.11. The second kappa shape index (κ2) is 5.83. The minimum Gasteiger partial charge on any atom is -0.489 e. The fourth-order valence-corrected chi connectivity index (χ4v) is 2.54. The van der Waals surface area contributed by atoms with Crippen LogP contribution in [0.25, 0.3) is 11.4 Å². The molecule has 0 saturated carbocycles. The summed E-state index contributed by atoms with van der Waals surface area (Å²) in [5.41, 5.74) is 0.507. The number of aromatic nitrogens is 2. The van der Waals surface area contributed by atoms with Crippen molar-refractivity contribution in [3.05, 3.63) is 33.3 Å². The molecule has 0 fully saturated rings. The third-order valence-corrected chi connectivity index (χ3v) is 3.61. The molecule has 3 rings (SSSR count). The van der Waals surface area contributed by atoms with Crippen LogP contribution in [-0.2, 0) is 0 Å². The lowest BCUT2D eigenvalue weighted by Crippen LogP contribution is -1.97. The predicted molar refractivity (Wildman–Crippen MR) is 78.1 cm³/mol. The fourth-order valence-electron chi connectivity index (χ4n) is 1.88. The molecule has 1 aliphatic rings. The molecular formula is C13H8Cl3FN2O2. The van der Waals surface area contributed by atoms with E-state index in [1.165, 1.54) is 0 Å². The minimum atomic E-state index is -0.859. The lowest BCUT2D eigenvalue weighted by Gasteiger charge is -2.11. The summed E-state index contributed by atoms with van der Waals surface area (Å²) in [4.78, 5) is 7.71. The molecule has 8 heteroatoms. The summed E-state index contributed by atoms with van der Waals surface area (Å²) in [6.45, 7) is 1.04. The molecule has 0 N–H and O–H groups in total.